The topological polar surface area (TPSA) is 61.8 Å². The maximum absolute atomic E-state index is 8.87. The lowest BCUT2D eigenvalue weighted by Gasteiger charge is -2.21. The molecule has 0 saturated carbocycles. The van der Waals surface area contributed by atoms with Crippen molar-refractivity contribution in [2.75, 3.05) is 11.9 Å². The SMILES string of the molecule is CN(Cc1cccs1)c1ccc(Br)cc1/C(N)=N/O. The Kier molecular flexibility index (Phi) is 4.44. The van der Waals surface area contributed by atoms with E-state index in [2.05, 4.69) is 37.4 Å². The zero-order chi connectivity index (χ0) is 13.8. The summed E-state index contributed by atoms with van der Waals surface area (Å²) in [5.74, 6) is 0.106. The molecule has 3 N–H and O–H groups in total. The van der Waals surface area contributed by atoms with Gasteiger partial charge in [-0.05, 0) is 29.6 Å². The molecule has 0 atom stereocenters. The van der Waals surface area contributed by atoms with E-state index in [9.17, 15) is 0 Å². The van der Waals surface area contributed by atoms with Crippen LogP contribution in [0.15, 0.2) is 45.3 Å². The summed E-state index contributed by atoms with van der Waals surface area (Å²) in [7, 11) is 1.98. The Morgan fingerprint density at radius 3 is 2.89 bits per heavy atom. The molecular weight excluding hydrogens is 326 g/mol. The molecule has 19 heavy (non-hydrogen) atoms. The molecule has 0 aliphatic carbocycles. The molecule has 6 heteroatoms. The molecule has 0 unspecified atom stereocenters. The summed E-state index contributed by atoms with van der Waals surface area (Å²) < 4.78 is 0.891. The number of nitrogens with two attached hydrogens (primary N) is 1. The zero-order valence-electron chi connectivity index (χ0n) is 10.4. The molecule has 0 spiro atoms. The molecule has 0 aliphatic rings. The Bertz CT molecular complexity index is 584. The molecule has 4 nitrogen and oxygen atoms in total. The summed E-state index contributed by atoms with van der Waals surface area (Å²) >= 11 is 5.10. The molecule has 0 amide bonds. The summed E-state index contributed by atoms with van der Waals surface area (Å²) in [4.78, 5) is 3.34. The van der Waals surface area contributed by atoms with Crippen molar-refractivity contribution in [2.24, 2.45) is 10.9 Å². The van der Waals surface area contributed by atoms with Gasteiger partial charge < -0.3 is 15.8 Å². The van der Waals surface area contributed by atoms with Crippen molar-refractivity contribution < 1.29 is 5.21 Å². The lowest BCUT2D eigenvalue weighted by Crippen LogP contribution is -2.22. The van der Waals surface area contributed by atoms with E-state index in [-0.39, 0.29) is 5.84 Å². The van der Waals surface area contributed by atoms with Gasteiger partial charge in [-0.25, -0.2) is 0 Å². The van der Waals surface area contributed by atoms with Crippen molar-refractivity contribution in [2.45, 2.75) is 6.54 Å². The van der Waals surface area contributed by atoms with Crippen LogP contribution in [0, 0.1) is 0 Å². The van der Waals surface area contributed by atoms with Crippen LogP contribution in [-0.2, 0) is 6.54 Å². The van der Waals surface area contributed by atoms with Gasteiger partial charge in [0.1, 0.15) is 0 Å². The van der Waals surface area contributed by atoms with Crippen LogP contribution in [0.3, 0.4) is 0 Å². The Labute approximate surface area is 124 Å². The van der Waals surface area contributed by atoms with Gasteiger partial charge in [-0.2, -0.15) is 0 Å². The molecule has 100 valence electrons. The van der Waals surface area contributed by atoms with Crippen molar-refractivity contribution in [1.29, 1.82) is 0 Å². The summed E-state index contributed by atoms with van der Waals surface area (Å²) in [5.41, 5.74) is 7.36. The predicted octanol–water partition coefficient (Wildman–Crippen LogP) is 3.24. The van der Waals surface area contributed by atoms with Crippen LogP contribution < -0.4 is 10.6 Å². The Morgan fingerprint density at radius 1 is 1.47 bits per heavy atom. The van der Waals surface area contributed by atoms with Gasteiger partial charge >= 0.3 is 0 Å². The number of rotatable bonds is 4. The first-order valence-electron chi connectivity index (χ1n) is 5.63. The zero-order valence-corrected chi connectivity index (χ0v) is 12.8. The van der Waals surface area contributed by atoms with E-state index in [1.807, 2.05) is 31.3 Å². The van der Waals surface area contributed by atoms with E-state index in [4.69, 9.17) is 10.9 Å². The van der Waals surface area contributed by atoms with Crippen LogP contribution >= 0.6 is 27.3 Å². The number of hydrogen-bond acceptors (Lipinski definition) is 4. The molecule has 0 fully saturated rings. The fraction of sp³-hybridized carbons (Fsp3) is 0.154. The third kappa shape index (κ3) is 3.27. The lowest BCUT2D eigenvalue weighted by atomic mass is 10.1. The first-order chi connectivity index (χ1) is 9.11. The number of hydrogen-bond donors (Lipinski definition) is 2. The number of oxime groups is 1. The molecule has 2 rings (SSSR count). The predicted molar refractivity (Wildman–Crippen MR) is 83.1 cm³/mol. The van der Waals surface area contributed by atoms with Crippen molar-refractivity contribution in [3.05, 3.63) is 50.6 Å². The smallest absolute Gasteiger partial charge is 0.172 e. The molecule has 0 radical (unpaired) electrons. The van der Waals surface area contributed by atoms with E-state index in [1.54, 1.807) is 11.3 Å². The van der Waals surface area contributed by atoms with Gasteiger partial charge in [0.2, 0.25) is 0 Å². The fourth-order valence-corrected chi connectivity index (χ4v) is 2.94. The second kappa shape index (κ2) is 6.08. The van der Waals surface area contributed by atoms with Gasteiger partial charge in [0.05, 0.1) is 6.54 Å². The highest BCUT2D eigenvalue weighted by molar-refractivity contribution is 9.10. The summed E-state index contributed by atoms with van der Waals surface area (Å²) in [5, 5.41) is 14.0. The van der Waals surface area contributed by atoms with Gasteiger partial charge in [0, 0.05) is 27.6 Å². The largest absolute Gasteiger partial charge is 0.409 e. The van der Waals surface area contributed by atoms with E-state index in [0.29, 0.717) is 5.56 Å². The number of anilines is 1. The standard InChI is InChI=1S/C13H14BrN3OS/c1-17(8-10-3-2-6-19-10)12-5-4-9(14)7-11(12)13(15)16-18/h2-7,18H,8H2,1H3,(H2,15,16). The normalized spacial score (nSPS) is 11.6. The Balaban J connectivity index is 2.33. The molecule has 0 bridgehead atoms. The first kappa shape index (κ1) is 13.9. The van der Waals surface area contributed by atoms with E-state index in [1.165, 1.54) is 4.88 Å². The van der Waals surface area contributed by atoms with Crippen molar-refractivity contribution in [1.82, 2.24) is 0 Å². The maximum Gasteiger partial charge on any atom is 0.172 e. The summed E-state index contributed by atoms with van der Waals surface area (Å²) in [6.07, 6.45) is 0. The highest BCUT2D eigenvalue weighted by atomic mass is 79.9. The third-order valence-corrected chi connectivity index (χ3v) is 4.08. The number of benzene rings is 1. The summed E-state index contributed by atoms with van der Waals surface area (Å²) in [6, 6.07) is 9.85. The minimum absolute atomic E-state index is 0.106. The van der Waals surface area contributed by atoms with Crippen molar-refractivity contribution in [3.63, 3.8) is 0 Å². The number of nitrogens with zero attached hydrogens (tertiary/aromatic N) is 2. The summed E-state index contributed by atoms with van der Waals surface area (Å²) in [6.45, 7) is 0.783. The van der Waals surface area contributed by atoms with Crippen LogP contribution in [0.1, 0.15) is 10.4 Å². The number of halogens is 1. The molecule has 1 aromatic heterocycles. The minimum Gasteiger partial charge on any atom is -0.409 e. The lowest BCUT2D eigenvalue weighted by molar-refractivity contribution is 0.318. The molecule has 2 aromatic rings. The molecule has 1 heterocycles. The Hall–Kier alpha value is -1.53. The van der Waals surface area contributed by atoms with Crippen LogP contribution in [0.4, 0.5) is 5.69 Å². The number of thiophene rings is 1. The molecule has 0 aliphatic heterocycles. The van der Waals surface area contributed by atoms with E-state index < -0.39 is 0 Å². The van der Waals surface area contributed by atoms with Crippen LogP contribution in [0.2, 0.25) is 0 Å². The highest BCUT2D eigenvalue weighted by Gasteiger charge is 2.12. The molecule has 0 saturated heterocycles. The van der Waals surface area contributed by atoms with Crippen molar-refractivity contribution in [3.8, 4) is 0 Å². The molecular formula is C13H14BrN3OS. The van der Waals surface area contributed by atoms with Gasteiger partial charge in [-0.15, -0.1) is 11.3 Å². The van der Waals surface area contributed by atoms with Gasteiger partial charge in [0.25, 0.3) is 0 Å². The van der Waals surface area contributed by atoms with E-state index in [0.717, 1.165) is 16.7 Å². The quantitative estimate of drug-likeness (QED) is 0.389. The van der Waals surface area contributed by atoms with Crippen LogP contribution in [0.5, 0.6) is 0 Å². The maximum atomic E-state index is 8.87. The third-order valence-electron chi connectivity index (χ3n) is 2.73. The van der Waals surface area contributed by atoms with E-state index >= 15 is 0 Å². The number of amidine groups is 1. The second-order valence-corrected chi connectivity index (χ2v) is 6.03. The Morgan fingerprint density at radius 2 is 2.26 bits per heavy atom. The highest BCUT2D eigenvalue weighted by Crippen LogP contribution is 2.25. The van der Waals surface area contributed by atoms with Crippen LogP contribution in [0.25, 0.3) is 0 Å². The fourth-order valence-electron chi connectivity index (χ4n) is 1.82. The van der Waals surface area contributed by atoms with Gasteiger partial charge in [0.15, 0.2) is 5.84 Å². The molecule has 1 aromatic carbocycles. The van der Waals surface area contributed by atoms with Crippen LogP contribution in [-0.4, -0.2) is 18.1 Å². The average Bonchev–Trinajstić information content (AvgIpc) is 2.90. The van der Waals surface area contributed by atoms with Crippen molar-refractivity contribution >= 4 is 38.8 Å². The van der Waals surface area contributed by atoms with Gasteiger partial charge in [-0.1, -0.05) is 27.2 Å². The average molecular weight is 340 g/mol. The van der Waals surface area contributed by atoms with Gasteiger partial charge in [-0.3, -0.25) is 0 Å². The monoisotopic (exact) mass is 339 g/mol. The minimum atomic E-state index is 0.106. The first-order valence-corrected chi connectivity index (χ1v) is 7.30. The second-order valence-electron chi connectivity index (χ2n) is 4.08.